The zero-order valence-corrected chi connectivity index (χ0v) is 13.4. The molecular weight excluding hydrogens is 294 g/mol. The van der Waals surface area contributed by atoms with Crippen LogP contribution in [-0.2, 0) is 20.8 Å². The molecule has 1 unspecified atom stereocenters. The SMILES string of the molecule is CCNC(=O)CNC(=O)C1CC(=O)N(CCc2ccccc2)C1. The van der Waals surface area contributed by atoms with Gasteiger partial charge in [-0.3, -0.25) is 14.4 Å². The van der Waals surface area contributed by atoms with Crippen LogP contribution in [0.2, 0.25) is 0 Å². The van der Waals surface area contributed by atoms with Crippen molar-refractivity contribution < 1.29 is 14.4 Å². The Morgan fingerprint density at radius 2 is 1.96 bits per heavy atom. The molecule has 1 atom stereocenters. The number of nitrogens with zero attached hydrogens (tertiary/aromatic N) is 1. The van der Waals surface area contributed by atoms with Crippen molar-refractivity contribution in [1.82, 2.24) is 15.5 Å². The molecule has 0 saturated carbocycles. The van der Waals surface area contributed by atoms with Gasteiger partial charge in [0.1, 0.15) is 0 Å². The summed E-state index contributed by atoms with van der Waals surface area (Å²) in [5.41, 5.74) is 1.17. The van der Waals surface area contributed by atoms with E-state index in [0.29, 0.717) is 19.6 Å². The molecule has 1 saturated heterocycles. The maximum absolute atomic E-state index is 12.0. The van der Waals surface area contributed by atoms with E-state index in [-0.39, 0.29) is 36.6 Å². The van der Waals surface area contributed by atoms with Crippen molar-refractivity contribution >= 4 is 17.7 Å². The average molecular weight is 317 g/mol. The zero-order valence-electron chi connectivity index (χ0n) is 13.4. The second-order valence-corrected chi connectivity index (χ2v) is 5.65. The lowest BCUT2D eigenvalue weighted by molar-refractivity contribution is -0.129. The molecule has 1 aromatic carbocycles. The molecular formula is C17H23N3O3. The van der Waals surface area contributed by atoms with Crippen molar-refractivity contribution in [3.63, 3.8) is 0 Å². The van der Waals surface area contributed by atoms with E-state index in [4.69, 9.17) is 0 Å². The maximum atomic E-state index is 12.0. The van der Waals surface area contributed by atoms with Gasteiger partial charge < -0.3 is 15.5 Å². The van der Waals surface area contributed by atoms with Crippen molar-refractivity contribution in [3.05, 3.63) is 35.9 Å². The van der Waals surface area contributed by atoms with Gasteiger partial charge in [0.25, 0.3) is 0 Å². The highest BCUT2D eigenvalue weighted by molar-refractivity contribution is 5.91. The molecule has 0 radical (unpaired) electrons. The highest BCUT2D eigenvalue weighted by atomic mass is 16.2. The van der Waals surface area contributed by atoms with Gasteiger partial charge in [0, 0.05) is 26.1 Å². The van der Waals surface area contributed by atoms with Crippen LogP contribution in [0.3, 0.4) is 0 Å². The summed E-state index contributed by atoms with van der Waals surface area (Å²) >= 11 is 0. The third-order valence-electron chi connectivity index (χ3n) is 3.90. The summed E-state index contributed by atoms with van der Waals surface area (Å²) < 4.78 is 0. The number of carbonyl (C=O) groups is 3. The summed E-state index contributed by atoms with van der Waals surface area (Å²) in [6.45, 7) is 3.35. The second kappa shape index (κ2) is 8.31. The summed E-state index contributed by atoms with van der Waals surface area (Å²) in [5, 5.41) is 5.21. The number of likely N-dealkylation sites (tertiary alicyclic amines) is 1. The van der Waals surface area contributed by atoms with E-state index in [1.54, 1.807) is 4.90 Å². The molecule has 2 N–H and O–H groups in total. The Balaban J connectivity index is 1.77. The van der Waals surface area contributed by atoms with Gasteiger partial charge in [0.2, 0.25) is 17.7 Å². The minimum atomic E-state index is -0.368. The lowest BCUT2D eigenvalue weighted by Crippen LogP contribution is -2.40. The molecule has 6 nitrogen and oxygen atoms in total. The number of hydrogen-bond acceptors (Lipinski definition) is 3. The average Bonchev–Trinajstić information content (AvgIpc) is 2.93. The fourth-order valence-corrected chi connectivity index (χ4v) is 2.64. The summed E-state index contributed by atoms with van der Waals surface area (Å²) in [6, 6.07) is 9.95. The Bertz CT molecular complexity index is 559. The van der Waals surface area contributed by atoms with Crippen LogP contribution in [0, 0.1) is 5.92 Å². The summed E-state index contributed by atoms with van der Waals surface area (Å²) in [4.78, 5) is 37.1. The number of hydrogen-bond donors (Lipinski definition) is 2. The van der Waals surface area contributed by atoms with Crippen molar-refractivity contribution in [2.75, 3.05) is 26.2 Å². The van der Waals surface area contributed by atoms with Crippen LogP contribution in [0.4, 0.5) is 0 Å². The van der Waals surface area contributed by atoms with Gasteiger partial charge >= 0.3 is 0 Å². The lowest BCUT2D eigenvalue weighted by Gasteiger charge is -2.16. The van der Waals surface area contributed by atoms with Crippen LogP contribution >= 0.6 is 0 Å². The standard InChI is InChI=1S/C17H23N3O3/c1-2-18-15(21)11-19-17(23)14-10-16(22)20(12-14)9-8-13-6-4-3-5-7-13/h3-7,14H,2,8-12H2,1H3,(H,18,21)(H,19,23). The number of amides is 3. The van der Waals surface area contributed by atoms with E-state index < -0.39 is 0 Å². The fourth-order valence-electron chi connectivity index (χ4n) is 2.64. The van der Waals surface area contributed by atoms with E-state index in [2.05, 4.69) is 10.6 Å². The number of benzene rings is 1. The number of rotatable bonds is 7. The molecule has 1 heterocycles. The number of carbonyl (C=O) groups excluding carboxylic acids is 3. The van der Waals surface area contributed by atoms with Gasteiger partial charge in [-0.1, -0.05) is 30.3 Å². The Morgan fingerprint density at radius 1 is 1.22 bits per heavy atom. The quantitative estimate of drug-likeness (QED) is 0.761. The molecule has 6 heteroatoms. The molecule has 0 spiro atoms. The first kappa shape index (κ1) is 17.0. The van der Waals surface area contributed by atoms with Gasteiger partial charge in [0.15, 0.2) is 0 Å². The van der Waals surface area contributed by atoms with Gasteiger partial charge in [-0.15, -0.1) is 0 Å². The lowest BCUT2D eigenvalue weighted by atomic mass is 10.1. The topological polar surface area (TPSA) is 78.5 Å². The minimum Gasteiger partial charge on any atom is -0.355 e. The van der Waals surface area contributed by atoms with E-state index >= 15 is 0 Å². The number of likely N-dealkylation sites (N-methyl/N-ethyl adjacent to an activating group) is 1. The second-order valence-electron chi connectivity index (χ2n) is 5.65. The van der Waals surface area contributed by atoms with Crippen molar-refractivity contribution in [2.45, 2.75) is 19.8 Å². The van der Waals surface area contributed by atoms with Crippen LogP contribution in [0.1, 0.15) is 18.9 Å². The van der Waals surface area contributed by atoms with E-state index in [9.17, 15) is 14.4 Å². The highest BCUT2D eigenvalue weighted by Gasteiger charge is 2.33. The van der Waals surface area contributed by atoms with Crippen molar-refractivity contribution in [1.29, 1.82) is 0 Å². The van der Waals surface area contributed by atoms with Crippen LogP contribution in [0.25, 0.3) is 0 Å². The summed E-state index contributed by atoms with van der Waals surface area (Å²) in [7, 11) is 0. The Kier molecular flexibility index (Phi) is 6.14. The molecule has 3 amide bonds. The molecule has 0 bridgehead atoms. The van der Waals surface area contributed by atoms with Gasteiger partial charge in [-0.05, 0) is 18.9 Å². The molecule has 124 valence electrons. The molecule has 0 aliphatic carbocycles. The summed E-state index contributed by atoms with van der Waals surface area (Å²) in [5.74, 6) is -0.815. The molecule has 2 rings (SSSR count). The fraction of sp³-hybridized carbons (Fsp3) is 0.471. The first-order valence-corrected chi connectivity index (χ1v) is 7.96. The highest BCUT2D eigenvalue weighted by Crippen LogP contribution is 2.18. The van der Waals surface area contributed by atoms with E-state index in [1.165, 1.54) is 5.56 Å². The Morgan fingerprint density at radius 3 is 2.65 bits per heavy atom. The van der Waals surface area contributed by atoms with Crippen LogP contribution in [-0.4, -0.2) is 48.8 Å². The van der Waals surface area contributed by atoms with Crippen LogP contribution < -0.4 is 10.6 Å². The normalized spacial score (nSPS) is 17.2. The van der Waals surface area contributed by atoms with Crippen LogP contribution in [0.5, 0.6) is 0 Å². The third kappa shape index (κ3) is 5.09. The third-order valence-corrected chi connectivity index (χ3v) is 3.90. The molecule has 1 aromatic rings. The van der Waals surface area contributed by atoms with Gasteiger partial charge in [0.05, 0.1) is 12.5 Å². The van der Waals surface area contributed by atoms with E-state index in [0.717, 1.165) is 6.42 Å². The van der Waals surface area contributed by atoms with Gasteiger partial charge in [-0.25, -0.2) is 0 Å². The monoisotopic (exact) mass is 317 g/mol. The van der Waals surface area contributed by atoms with Crippen LogP contribution in [0.15, 0.2) is 30.3 Å². The Hall–Kier alpha value is -2.37. The van der Waals surface area contributed by atoms with Crippen molar-refractivity contribution in [3.8, 4) is 0 Å². The maximum Gasteiger partial charge on any atom is 0.239 e. The smallest absolute Gasteiger partial charge is 0.239 e. The molecule has 23 heavy (non-hydrogen) atoms. The van der Waals surface area contributed by atoms with Crippen molar-refractivity contribution in [2.24, 2.45) is 5.92 Å². The predicted octanol–water partition coefficient (Wildman–Crippen LogP) is 0.330. The van der Waals surface area contributed by atoms with Gasteiger partial charge in [-0.2, -0.15) is 0 Å². The minimum absolute atomic E-state index is 0.000842. The molecule has 1 aliphatic rings. The predicted molar refractivity (Wildman–Crippen MR) is 86.5 cm³/mol. The number of nitrogens with one attached hydrogen (secondary N) is 2. The zero-order chi connectivity index (χ0) is 16.7. The first-order valence-electron chi connectivity index (χ1n) is 7.96. The Labute approximate surface area is 136 Å². The summed E-state index contributed by atoms with van der Waals surface area (Å²) in [6.07, 6.45) is 0.996. The largest absolute Gasteiger partial charge is 0.355 e. The first-order chi connectivity index (χ1) is 11.1. The molecule has 1 fully saturated rings. The van der Waals surface area contributed by atoms with E-state index in [1.807, 2.05) is 37.3 Å². The molecule has 0 aromatic heterocycles. The molecule has 1 aliphatic heterocycles.